The number of benzene rings is 1. The van der Waals surface area contributed by atoms with Gasteiger partial charge >= 0.3 is 5.90 Å². The molecule has 0 aromatic heterocycles. The lowest BCUT2D eigenvalue weighted by atomic mass is 10.1. The van der Waals surface area contributed by atoms with Gasteiger partial charge in [-0.25, -0.2) is 0 Å². The fourth-order valence-corrected chi connectivity index (χ4v) is 3.21. The number of nitrogens with zero attached hydrogens (tertiary/aromatic N) is 1. The van der Waals surface area contributed by atoms with Gasteiger partial charge in [0, 0.05) is 17.4 Å². The average molecular weight is 310 g/mol. The number of allylic oxidation sites excluding steroid dienone is 4. The zero-order chi connectivity index (χ0) is 15.2. The van der Waals surface area contributed by atoms with Crippen molar-refractivity contribution in [2.24, 2.45) is 0 Å². The molecule has 1 atom stereocenters. The first-order valence-electron chi connectivity index (χ1n) is 7.61. The highest BCUT2D eigenvalue weighted by molar-refractivity contribution is 8.02. The maximum absolute atomic E-state index is 6.03. The van der Waals surface area contributed by atoms with Crippen molar-refractivity contribution < 1.29 is 9.31 Å². The van der Waals surface area contributed by atoms with Crippen molar-refractivity contribution in [3.8, 4) is 0 Å². The van der Waals surface area contributed by atoms with Crippen LogP contribution in [0.15, 0.2) is 82.8 Å². The maximum atomic E-state index is 6.03. The van der Waals surface area contributed by atoms with Crippen LogP contribution in [0.1, 0.15) is 13.3 Å². The van der Waals surface area contributed by atoms with Crippen molar-refractivity contribution >= 4 is 17.7 Å². The van der Waals surface area contributed by atoms with Crippen LogP contribution in [0.4, 0.5) is 0 Å². The molecular weight excluding hydrogens is 290 g/mol. The molecule has 0 N–H and O–H groups in total. The molecule has 22 heavy (non-hydrogen) atoms. The highest BCUT2D eigenvalue weighted by atomic mass is 32.2. The first-order valence-corrected chi connectivity index (χ1v) is 8.49. The Morgan fingerprint density at radius 1 is 1.27 bits per heavy atom. The van der Waals surface area contributed by atoms with Gasteiger partial charge in [-0.1, -0.05) is 54.3 Å². The lowest BCUT2D eigenvalue weighted by Gasteiger charge is -2.07. The zero-order valence-corrected chi connectivity index (χ0v) is 13.5. The summed E-state index contributed by atoms with van der Waals surface area (Å²) >= 11 is 1.71. The molecule has 1 unspecified atom stereocenters. The van der Waals surface area contributed by atoms with Gasteiger partial charge in [0.2, 0.25) is 5.70 Å². The van der Waals surface area contributed by atoms with E-state index in [1.54, 1.807) is 11.8 Å². The molecule has 2 aliphatic rings. The van der Waals surface area contributed by atoms with Crippen molar-refractivity contribution in [1.29, 1.82) is 0 Å². The highest BCUT2D eigenvalue weighted by Crippen LogP contribution is 2.24. The summed E-state index contributed by atoms with van der Waals surface area (Å²) < 4.78 is 8.27. The quantitative estimate of drug-likeness (QED) is 0.450. The zero-order valence-electron chi connectivity index (χ0n) is 12.7. The Morgan fingerprint density at radius 3 is 2.95 bits per heavy atom. The molecule has 0 saturated heterocycles. The minimum atomic E-state index is 0.187. The van der Waals surface area contributed by atoms with Gasteiger partial charge in [-0.05, 0) is 24.5 Å². The van der Waals surface area contributed by atoms with E-state index in [1.807, 2.05) is 18.2 Å². The van der Waals surface area contributed by atoms with Crippen molar-refractivity contribution in [2.75, 3.05) is 6.54 Å². The second kappa shape index (κ2) is 7.32. The minimum absolute atomic E-state index is 0.187. The van der Waals surface area contributed by atoms with E-state index in [4.69, 9.17) is 4.74 Å². The standard InChI is InChI=1S/C19H20NOS/c1-2-20-17-12-6-7-13-18(17)21-19(20)14-8-9-15-22-16-10-4-3-5-11-16/h3-12,14-15,18H,2,13H2,1H3/q+1/b14-8+,15-9-. The van der Waals surface area contributed by atoms with Crippen molar-refractivity contribution in [1.82, 2.24) is 0 Å². The molecule has 1 heterocycles. The van der Waals surface area contributed by atoms with Crippen LogP contribution in [0.5, 0.6) is 0 Å². The summed E-state index contributed by atoms with van der Waals surface area (Å²) in [5.74, 6) is 0.941. The highest BCUT2D eigenvalue weighted by Gasteiger charge is 2.37. The second-order valence-electron chi connectivity index (χ2n) is 5.06. The van der Waals surface area contributed by atoms with Crippen LogP contribution in [-0.2, 0) is 4.74 Å². The first kappa shape index (κ1) is 14.9. The molecule has 3 heteroatoms. The van der Waals surface area contributed by atoms with E-state index in [0.717, 1.165) is 18.9 Å². The molecule has 1 aliphatic carbocycles. The minimum Gasteiger partial charge on any atom is -0.429 e. The molecule has 0 saturated carbocycles. The number of hydrogen-bond acceptors (Lipinski definition) is 2. The first-order chi connectivity index (χ1) is 10.9. The molecular formula is C19H20NOS+. The van der Waals surface area contributed by atoms with Gasteiger partial charge in [0.05, 0.1) is 6.08 Å². The van der Waals surface area contributed by atoms with Gasteiger partial charge in [0.15, 0.2) is 6.10 Å². The Morgan fingerprint density at radius 2 is 2.14 bits per heavy atom. The Kier molecular flexibility index (Phi) is 4.96. The topological polar surface area (TPSA) is 12.2 Å². The predicted octanol–water partition coefficient (Wildman–Crippen LogP) is 4.52. The van der Waals surface area contributed by atoms with Gasteiger partial charge in [0.25, 0.3) is 0 Å². The van der Waals surface area contributed by atoms with Gasteiger partial charge < -0.3 is 4.74 Å². The molecule has 2 nitrogen and oxygen atoms in total. The van der Waals surface area contributed by atoms with E-state index in [2.05, 4.69) is 65.5 Å². The summed E-state index contributed by atoms with van der Waals surface area (Å²) in [6, 6.07) is 10.4. The predicted molar refractivity (Wildman–Crippen MR) is 93.1 cm³/mol. The molecule has 1 aromatic rings. The smallest absolute Gasteiger partial charge is 0.368 e. The van der Waals surface area contributed by atoms with Crippen molar-refractivity contribution in [3.05, 3.63) is 77.9 Å². The molecule has 1 aromatic carbocycles. The Balaban J connectivity index is 1.63. The molecule has 0 radical (unpaired) electrons. The average Bonchev–Trinajstić information content (AvgIpc) is 2.93. The van der Waals surface area contributed by atoms with Gasteiger partial charge in [0.1, 0.15) is 6.54 Å². The summed E-state index contributed by atoms with van der Waals surface area (Å²) in [7, 11) is 0. The third kappa shape index (κ3) is 3.42. The van der Waals surface area contributed by atoms with Crippen molar-refractivity contribution in [3.63, 3.8) is 0 Å². The van der Waals surface area contributed by atoms with Gasteiger partial charge in [-0.3, -0.25) is 0 Å². The Labute approximate surface area is 136 Å². The van der Waals surface area contributed by atoms with E-state index in [0.29, 0.717) is 0 Å². The molecule has 0 fully saturated rings. The van der Waals surface area contributed by atoms with Crippen LogP contribution in [0.3, 0.4) is 0 Å². The van der Waals surface area contributed by atoms with Crippen molar-refractivity contribution in [2.45, 2.75) is 24.3 Å². The van der Waals surface area contributed by atoms with E-state index >= 15 is 0 Å². The Bertz CT molecular complexity index is 668. The van der Waals surface area contributed by atoms with Gasteiger partial charge in [-0.15, -0.1) is 0 Å². The summed E-state index contributed by atoms with van der Waals surface area (Å²) in [6.07, 6.45) is 13.7. The normalized spacial score (nSPS) is 20.6. The SMILES string of the molecule is CC[N+]1=C(/C=C/C=C\Sc2ccccc2)OC2CC=CC=C21. The van der Waals surface area contributed by atoms with Crippen LogP contribution < -0.4 is 0 Å². The van der Waals surface area contributed by atoms with Crippen LogP contribution in [0, 0.1) is 0 Å². The molecule has 3 rings (SSSR count). The second-order valence-corrected chi connectivity index (χ2v) is 6.04. The van der Waals surface area contributed by atoms with Crippen LogP contribution in [0.25, 0.3) is 0 Å². The third-order valence-electron chi connectivity index (χ3n) is 3.62. The molecule has 0 bridgehead atoms. The molecule has 1 aliphatic heterocycles. The van der Waals surface area contributed by atoms with E-state index < -0.39 is 0 Å². The van der Waals surface area contributed by atoms with E-state index in [1.165, 1.54) is 10.6 Å². The number of rotatable bonds is 5. The third-order valence-corrected chi connectivity index (χ3v) is 4.45. The van der Waals surface area contributed by atoms with E-state index in [-0.39, 0.29) is 6.10 Å². The lowest BCUT2D eigenvalue weighted by molar-refractivity contribution is -0.469. The largest absolute Gasteiger partial charge is 0.429 e. The molecule has 0 spiro atoms. The number of likely N-dealkylation sites (N-methyl/N-ethyl adjacent to an activating group) is 1. The van der Waals surface area contributed by atoms with Crippen LogP contribution in [0.2, 0.25) is 0 Å². The van der Waals surface area contributed by atoms with Gasteiger partial charge in [-0.2, -0.15) is 4.58 Å². The number of fused-ring (bicyclic) bond motifs is 1. The lowest BCUT2D eigenvalue weighted by Crippen LogP contribution is -2.16. The maximum Gasteiger partial charge on any atom is 0.368 e. The number of hydrogen-bond donors (Lipinski definition) is 0. The van der Waals surface area contributed by atoms with Crippen LogP contribution >= 0.6 is 11.8 Å². The van der Waals surface area contributed by atoms with E-state index in [9.17, 15) is 0 Å². The van der Waals surface area contributed by atoms with Crippen LogP contribution in [-0.4, -0.2) is 23.1 Å². The summed E-state index contributed by atoms with van der Waals surface area (Å²) in [6.45, 7) is 3.08. The summed E-state index contributed by atoms with van der Waals surface area (Å²) in [5.41, 5.74) is 1.27. The fourth-order valence-electron chi connectivity index (χ4n) is 2.57. The Hall–Kier alpha value is -2.00. The monoisotopic (exact) mass is 310 g/mol. The fraction of sp³-hybridized carbons (Fsp3) is 0.211. The summed E-state index contributed by atoms with van der Waals surface area (Å²) in [4.78, 5) is 1.24. The molecule has 0 amide bonds. The number of thioether (sulfide) groups is 1. The number of ether oxygens (including phenoxy) is 1. The molecule has 112 valence electrons. The summed E-state index contributed by atoms with van der Waals surface area (Å²) in [5, 5.41) is 2.09.